The standard InChI is InChI=1S/C15H19NO2/c1-11-10-18-14-6-5-12(9-13(11)14)15(17)16-7-3-2-4-8-16/h5-6,9,11H,2-4,7-8,10H2,1H3. The smallest absolute Gasteiger partial charge is 0.253 e. The van der Waals surface area contributed by atoms with Crippen LogP contribution in [0.2, 0.25) is 0 Å². The maximum absolute atomic E-state index is 12.4. The number of ether oxygens (including phenoxy) is 1. The Hall–Kier alpha value is -1.51. The summed E-state index contributed by atoms with van der Waals surface area (Å²) in [6, 6.07) is 5.85. The van der Waals surface area contributed by atoms with E-state index in [-0.39, 0.29) is 5.91 Å². The van der Waals surface area contributed by atoms with E-state index in [9.17, 15) is 4.79 Å². The minimum Gasteiger partial charge on any atom is -0.493 e. The van der Waals surface area contributed by atoms with Gasteiger partial charge in [-0.2, -0.15) is 0 Å². The lowest BCUT2D eigenvalue weighted by molar-refractivity contribution is 0.0724. The molecule has 0 radical (unpaired) electrons. The first kappa shape index (κ1) is 11.6. The molecular formula is C15H19NO2. The van der Waals surface area contributed by atoms with Gasteiger partial charge in [-0.1, -0.05) is 6.92 Å². The van der Waals surface area contributed by atoms with Crippen LogP contribution >= 0.6 is 0 Å². The van der Waals surface area contributed by atoms with Gasteiger partial charge in [0.15, 0.2) is 0 Å². The SMILES string of the molecule is CC1COc2ccc(C(=O)N3CCCCC3)cc21. The van der Waals surface area contributed by atoms with Crippen molar-refractivity contribution in [2.75, 3.05) is 19.7 Å². The average Bonchev–Trinajstić information content (AvgIpc) is 2.80. The molecular weight excluding hydrogens is 226 g/mol. The van der Waals surface area contributed by atoms with Crippen molar-refractivity contribution in [3.8, 4) is 5.75 Å². The fraction of sp³-hybridized carbons (Fsp3) is 0.533. The van der Waals surface area contributed by atoms with Crippen molar-refractivity contribution in [1.82, 2.24) is 4.90 Å². The Kier molecular flexibility index (Phi) is 2.98. The molecule has 0 bridgehead atoms. The molecule has 0 aliphatic carbocycles. The quantitative estimate of drug-likeness (QED) is 0.761. The van der Waals surface area contributed by atoms with Crippen molar-refractivity contribution >= 4 is 5.91 Å². The molecule has 3 heteroatoms. The normalized spacial score (nSPS) is 22.5. The summed E-state index contributed by atoms with van der Waals surface area (Å²) < 4.78 is 5.57. The van der Waals surface area contributed by atoms with Crippen LogP contribution < -0.4 is 4.74 Å². The lowest BCUT2D eigenvalue weighted by Crippen LogP contribution is -2.35. The van der Waals surface area contributed by atoms with E-state index in [1.165, 1.54) is 12.0 Å². The zero-order valence-corrected chi connectivity index (χ0v) is 10.8. The molecule has 1 atom stereocenters. The van der Waals surface area contributed by atoms with Gasteiger partial charge in [0.05, 0.1) is 6.61 Å². The molecule has 2 heterocycles. The van der Waals surface area contributed by atoms with Gasteiger partial charge >= 0.3 is 0 Å². The number of fused-ring (bicyclic) bond motifs is 1. The fourth-order valence-electron chi connectivity index (χ4n) is 2.78. The minimum absolute atomic E-state index is 0.177. The molecule has 1 aromatic rings. The third kappa shape index (κ3) is 1.98. The monoisotopic (exact) mass is 245 g/mol. The maximum atomic E-state index is 12.4. The maximum Gasteiger partial charge on any atom is 0.253 e. The van der Waals surface area contributed by atoms with Gasteiger partial charge in [-0.15, -0.1) is 0 Å². The third-order valence-electron chi connectivity index (χ3n) is 3.92. The van der Waals surface area contributed by atoms with Gasteiger partial charge in [0.25, 0.3) is 5.91 Å². The number of benzene rings is 1. The molecule has 1 unspecified atom stereocenters. The van der Waals surface area contributed by atoms with E-state index in [0.29, 0.717) is 5.92 Å². The molecule has 3 nitrogen and oxygen atoms in total. The van der Waals surface area contributed by atoms with Crippen molar-refractivity contribution in [1.29, 1.82) is 0 Å². The average molecular weight is 245 g/mol. The second-order valence-electron chi connectivity index (χ2n) is 5.32. The highest BCUT2D eigenvalue weighted by atomic mass is 16.5. The molecule has 1 saturated heterocycles. The van der Waals surface area contributed by atoms with Crippen LogP contribution in [0.25, 0.3) is 0 Å². The summed E-state index contributed by atoms with van der Waals surface area (Å²) in [7, 11) is 0. The van der Waals surface area contributed by atoms with E-state index >= 15 is 0 Å². The lowest BCUT2D eigenvalue weighted by Gasteiger charge is -2.26. The molecule has 1 amide bonds. The highest BCUT2D eigenvalue weighted by Gasteiger charge is 2.24. The molecule has 1 fully saturated rings. The fourth-order valence-corrected chi connectivity index (χ4v) is 2.78. The predicted molar refractivity (Wildman–Crippen MR) is 70.1 cm³/mol. The van der Waals surface area contributed by atoms with Crippen LogP contribution in [0.3, 0.4) is 0 Å². The summed E-state index contributed by atoms with van der Waals surface area (Å²) in [6.45, 7) is 4.68. The molecule has 18 heavy (non-hydrogen) atoms. The molecule has 0 aromatic heterocycles. The summed E-state index contributed by atoms with van der Waals surface area (Å²) in [6.07, 6.45) is 3.52. The van der Waals surface area contributed by atoms with Crippen LogP contribution in [0.15, 0.2) is 18.2 Å². The number of carbonyl (C=O) groups is 1. The summed E-state index contributed by atoms with van der Waals surface area (Å²) in [4.78, 5) is 14.4. The number of amides is 1. The van der Waals surface area contributed by atoms with E-state index in [1.54, 1.807) is 0 Å². The van der Waals surface area contributed by atoms with Crippen molar-refractivity contribution < 1.29 is 9.53 Å². The van der Waals surface area contributed by atoms with Crippen LogP contribution in [0.4, 0.5) is 0 Å². The molecule has 0 saturated carbocycles. The number of likely N-dealkylation sites (tertiary alicyclic amines) is 1. The summed E-state index contributed by atoms with van der Waals surface area (Å²) in [5, 5.41) is 0. The van der Waals surface area contributed by atoms with E-state index in [2.05, 4.69) is 6.92 Å². The van der Waals surface area contributed by atoms with Crippen molar-refractivity contribution in [2.24, 2.45) is 0 Å². The lowest BCUT2D eigenvalue weighted by atomic mass is 10.00. The van der Waals surface area contributed by atoms with Gasteiger partial charge < -0.3 is 9.64 Å². The molecule has 2 aliphatic rings. The van der Waals surface area contributed by atoms with Crippen molar-refractivity contribution in [3.63, 3.8) is 0 Å². The van der Waals surface area contributed by atoms with Crippen molar-refractivity contribution in [2.45, 2.75) is 32.1 Å². The molecule has 2 aliphatic heterocycles. The van der Waals surface area contributed by atoms with Crippen LogP contribution in [-0.4, -0.2) is 30.5 Å². The number of nitrogens with zero attached hydrogens (tertiary/aromatic N) is 1. The highest BCUT2D eigenvalue weighted by molar-refractivity contribution is 5.94. The number of hydrogen-bond donors (Lipinski definition) is 0. The minimum atomic E-state index is 0.177. The van der Waals surface area contributed by atoms with Gasteiger partial charge in [0.1, 0.15) is 5.75 Å². The summed E-state index contributed by atoms with van der Waals surface area (Å²) in [5.41, 5.74) is 1.99. The molecule has 3 rings (SSSR count). The van der Waals surface area contributed by atoms with Gasteiger partial charge in [-0.3, -0.25) is 4.79 Å². The molecule has 0 spiro atoms. The first-order valence-corrected chi connectivity index (χ1v) is 6.82. The Bertz CT molecular complexity index is 464. The largest absolute Gasteiger partial charge is 0.493 e. The first-order valence-electron chi connectivity index (χ1n) is 6.82. The van der Waals surface area contributed by atoms with Crippen LogP contribution in [-0.2, 0) is 0 Å². The van der Waals surface area contributed by atoms with E-state index in [0.717, 1.165) is 43.9 Å². The second-order valence-corrected chi connectivity index (χ2v) is 5.32. The summed E-state index contributed by atoms with van der Waals surface area (Å²) >= 11 is 0. The number of carbonyl (C=O) groups excluding carboxylic acids is 1. The first-order chi connectivity index (χ1) is 8.75. The zero-order valence-electron chi connectivity index (χ0n) is 10.8. The number of rotatable bonds is 1. The predicted octanol–water partition coefficient (Wildman–Crippen LogP) is 2.81. The Morgan fingerprint density at radius 2 is 2.06 bits per heavy atom. The number of hydrogen-bond acceptors (Lipinski definition) is 2. The van der Waals surface area contributed by atoms with E-state index < -0.39 is 0 Å². The van der Waals surface area contributed by atoms with Crippen LogP contribution in [0.1, 0.15) is 48.0 Å². The Balaban J connectivity index is 1.84. The van der Waals surface area contributed by atoms with Crippen LogP contribution in [0, 0.1) is 0 Å². The topological polar surface area (TPSA) is 29.5 Å². The van der Waals surface area contributed by atoms with E-state index in [1.807, 2.05) is 23.1 Å². The van der Waals surface area contributed by atoms with Gasteiger partial charge in [-0.25, -0.2) is 0 Å². The zero-order chi connectivity index (χ0) is 12.5. The van der Waals surface area contributed by atoms with Gasteiger partial charge in [0, 0.05) is 30.1 Å². The third-order valence-corrected chi connectivity index (χ3v) is 3.92. The second kappa shape index (κ2) is 4.63. The molecule has 1 aromatic carbocycles. The van der Waals surface area contributed by atoms with Crippen molar-refractivity contribution in [3.05, 3.63) is 29.3 Å². The molecule has 0 N–H and O–H groups in total. The summed E-state index contributed by atoms with van der Waals surface area (Å²) in [5.74, 6) is 1.52. The Labute approximate surface area is 108 Å². The van der Waals surface area contributed by atoms with Gasteiger partial charge in [-0.05, 0) is 37.5 Å². The Morgan fingerprint density at radius 3 is 2.83 bits per heavy atom. The number of piperidine rings is 1. The van der Waals surface area contributed by atoms with Crippen LogP contribution in [0.5, 0.6) is 5.75 Å². The Morgan fingerprint density at radius 1 is 1.28 bits per heavy atom. The highest BCUT2D eigenvalue weighted by Crippen LogP contribution is 2.34. The van der Waals surface area contributed by atoms with E-state index in [4.69, 9.17) is 4.74 Å². The van der Waals surface area contributed by atoms with Gasteiger partial charge in [0.2, 0.25) is 0 Å². The molecule has 96 valence electrons.